The van der Waals surface area contributed by atoms with Crippen molar-refractivity contribution in [2.45, 2.75) is 36.6 Å². The van der Waals surface area contributed by atoms with Crippen LogP contribution in [0.4, 0.5) is 5.69 Å². The molecular weight excluding hydrogens is 525 g/mol. The van der Waals surface area contributed by atoms with Gasteiger partial charge in [0.2, 0.25) is 0 Å². The zero-order valence-corrected chi connectivity index (χ0v) is 23.1. The summed E-state index contributed by atoms with van der Waals surface area (Å²) in [5.41, 5.74) is 7.50. The summed E-state index contributed by atoms with van der Waals surface area (Å²) >= 11 is 0. The summed E-state index contributed by atoms with van der Waals surface area (Å²) in [6.07, 6.45) is 3.05. The second-order valence-corrected chi connectivity index (χ2v) is 12.2. The number of rotatable bonds is 9. The molecule has 0 atom stereocenters. The number of likely N-dealkylation sites (N-methyl/N-ethyl adjacent to an activating group) is 1. The maximum absolute atomic E-state index is 11.8. The van der Waals surface area contributed by atoms with Gasteiger partial charge in [-0.3, -0.25) is 4.21 Å². The van der Waals surface area contributed by atoms with Gasteiger partial charge < -0.3 is 30.1 Å². The standard InChI is InChI=1S/C26H31B3N6O4S/c1-33(20-9-12-40(39)13-10-20)11-8-18-15-34(21-14-30-35(16-21)26(36,37)38)24-22(18)6-7-23(31-24)17-2-4-19(5-3-17)32-25(27,28)29/h2-7,15-16,20,30,32,36-38H,8-14H2,1H3. The van der Waals surface area contributed by atoms with E-state index in [9.17, 15) is 19.5 Å². The lowest BCUT2D eigenvalue weighted by atomic mass is 9.49. The molecule has 0 saturated carbocycles. The highest BCUT2D eigenvalue weighted by atomic mass is 32.2. The van der Waals surface area contributed by atoms with Gasteiger partial charge in [-0.25, -0.2) is 15.4 Å². The summed E-state index contributed by atoms with van der Waals surface area (Å²) in [7, 11) is 18.3. The molecular formula is C26H31B3N6O4S. The van der Waals surface area contributed by atoms with E-state index in [0.29, 0.717) is 23.1 Å². The van der Waals surface area contributed by atoms with Crippen LogP contribution >= 0.6 is 0 Å². The molecule has 3 aromatic rings. The smallest absolute Gasteiger partial charge is 0.383 e. The molecule has 5 rings (SSSR count). The number of pyridine rings is 1. The monoisotopic (exact) mass is 556 g/mol. The summed E-state index contributed by atoms with van der Waals surface area (Å²) in [5, 5.41) is 32.0. The summed E-state index contributed by atoms with van der Waals surface area (Å²) in [6, 6.07) is 11.8. The molecule has 10 nitrogen and oxygen atoms in total. The summed E-state index contributed by atoms with van der Waals surface area (Å²) in [6.45, 7) is 1.07. The van der Waals surface area contributed by atoms with Crippen molar-refractivity contribution in [1.29, 1.82) is 0 Å². The van der Waals surface area contributed by atoms with E-state index in [1.165, 1.54) is 6.20 Å². The predicted octanol–water partition coefficient (Wildman–Crippen LogP) is -0.176. The lowest BCUT2D eigenvalue weighted by Crippen LogP contribution is -2.50. The Morgan fingerprint density at radius 3 is 2.45 bits per heavy atom. The Bertz CT molecular complexity index is 1410. The molecule has 0 bridgehead atoms. The third-order valence-electron chi connectivity index (χ3n) is 7.33. The van der Waals surface area contributed by atoms with Crippen molar-refractivity contribution in [3.63, 3.8) is 0 Å². The largest absolute Gasteiger partial charge is 0.405 e. The number of aromatic nitrogens is 2. The summed E-state index contributed by atoms with van der Waals surface area (Å²) < 4.78 is 13.7. The molecule has 1 fully saturated rings. The van der Waals surface area contributed by atoms with Crippen LogP contribution in [0.25, 0.3) is 28.0 Å². The number of fused-ring (bicyclic) bond motifs is 1. The highest BCUT2D eigenvalue weighted by Crippen LogP contribution is 2.30. The second-order valence-electron chi connectivity index (χ2n) is 10.5. The zero-order chi connectivity index (χ0) is 28.7. The Balaban J connectivity index is 1.45. The van der Waals surface area contributed by atoms with E-state index in [1.54, 1.807) is 0 Å². The first-order valence-corrected chi connectivity index (χ1v) is 14.6. The van der Waals surface area contributed by atoms with Crippen LogP contribution < -0.4 is 10.7 Å². The van der Waals surface area contributed by atoms with E-state index in [2.05, 4.69) is 22.7 Å². The normalized spacial score (nSPS) is 20.3. The maximum atomic E-state index is 11.8. The molecule has 1 saturated heterocycles. The third kappa shape index (κ3) is 6.64. The van der Waals surface area contributed by atoms with Crippen LogP contribution in [0.1, 0.15) is 18.4 Å². The van der Waals surface area contributed by atoms with Gasteiger partial charge in [-0.05, 0) is 56.1 Å². The molecule has 14 heteroatoms. The highest BCUT2D eigenvalue weighted by molar-refractivity contribution is 7.85. The second kappa shape index (κ2) is 11.3. The van der Waals surface area contributed by atoms with Crippen molar-refractivity contribution in [1.82, 2.24) is 24.9 Å². The SMILES string of the molecule is [B]C([B])([B])Nc1ccc(-c2ccc3c(CCN(C)C4CCS(=O)CC4)cn(C4=CN(C(O)(O)O)NC4)c3n2)cc1. The number of benzene rings is 1. The van der Waals surface area contributed by atoms with Gasteiger partial charge in [-0.15, -0.1) is 0 Å². The van der Waals surface area contributed by atoms with Crippen molar-refractivity contribution in [2.24, 2.45) is 0 Å². The highest BCUT2D eigenvalue weighted by Gasteiger charge is 2.31. The Morgan fingerprint density at radius 2 is 1.82 bits per heavy atom. The van der Waals surface area contributed by atoms with Gasteiger partial charge in [0.25, 0.3) is 0 Å². The Kier molecular flexibility index (Phi) is 8.20. The van der Waals surface area contributed by atoms with Crippen LogP contribution in [0, 0.1) is 0 Å². The minimum Gasteiger partial charge on any atom is -0.405 e. The Labute approximate surface area is 240 Å². The fourth-order valence-electron chi connectivity index (χ4n) is 5.17. The quantitative estimate of drug-likeness (QED) is 0.181. The fourth-order valence-corrected chi connectivity index (χ4v) is 6.44. The minimum absolute atomic E-state index is 0.247. The lowest BCUT2D eigenvalue weighted by Gasteiger charge is -2.30. The lowest BCUT2D eigenvalue weighted by molar-refractivity contribution is -0.390. The molecule has 0 amide bonds. The van der Waals surface area contributed by atoms with Crippen molar-refractivity contribution in [2.75, 3.05) is 37.0 Å². The maximum Gasteiger partial charge on any atom is 0.383 e. The van der Waals surface area contributed by atoms with Crippen LogP contribution in [0.3, 0.4) is 0 Å². The van der Waals surface area contributed by atoms with Crippen LogP contribution in [0.5, 0.6) is 0 Å². The third-order valence-corrected chi connectivity index (χ3v) is 8.71. The Morgan fingerprint density at radius 1 is 1.12 bits per heavy atom. The number of hydrazine groups is 1. The first kappa shape index (κ1) is 28.9. The molecule has 0 aliphatic carbocycles. The molecule has 5 N–H and O–H groups in total. The van der Waals surface area contributed by atoms with E-state index < -0.39 is 22.1 Å². The first-order chi connectivity index (χ1) is 18.9. The van der Waals surface area contributed by atoms with Crippen molar-refractivity contribution in [3.05, 3.63) is 54.4 Å². The molecule has 204 valence electrons. The number of hydrogen-bond acceptors (Lipinski definition) is 9. The van der Waals surface area contributed by atoms with E-state index in [-0.39, 0.29) is 6.54 Å². The number of aliphatic hydroxyl groups is 3. The fraction of sp³-hybridized carbons (Fsp3) is 0.423. The number of nitrogens with one attached hydrogen (secondary N) is 2. The molecule has 6 radical (unpaired) electrons. The van der Waals surface area contributed by atoms with E-state index >= 15 is 0 Å². The van der Waals surface area contributed by atoms with Crippen LogP contribution in [-0.4, -0.2) is 112 Å². The topological polar surface area (TPSA) is 126 Å². The van der Waals surface area contributed by atoms with Crippen molar-refractivity contribution >= 4 is 56.8 Å². The van der Waals surface area contributed by atoms with E-state index in [0.717, 1.165) is 64.5 Å². The average Bonchev–Trinajstić information content (AvgIpc) is 3.52. The Hall–Kier alpha value is -2.61. The molecule has 1 aromatic carbocycles. The van der Waals surface area contributed by atoms with E-state index in [4.69, 9.17) is 28.5 Å². The van der Waals surface area contributed by atoms with Gasteiger partial charge in [0.1, 0.15) is 5.65 Å². The summed E-state index contributed by atoms with van der Waals surface area (Å²) in [4.78, 5) is 7.31. The average molecular weight is 556 g/mol. The van der Waals surface area contributed by atoms with E-state index in [1.807, 2.05) is 47.2 Å². The van der Waals surface area contributed by atoms with Crippen molar-refractivity contribution in [3.8, 4) is 11.3 Å². The van der Waals surface area contributed by atoms with Gasteiger partial charge in [0, 0.05) is 63.9 Å². The molecule has 2 aliphatic rings. The first-order valence-electron chi connectivity index (χ1n) is 13.1. The van der Waals surface area contributed by atoms with Crippen LogP contribution in [0.15, 0.2) is 48.8 Å². The van der Waals surface area contributed by atoms with Gasteiger partial charge in [0.05, 0.1) is 41.5 Å². The molecule has 2 aromatic heterocycles. The zero-order valence-electron chi connectivity index (χ0n) is 22.3. The molecule has 40 heavy (non-hydrogen) atoms. The van der Waals surface area contributed by atoms with Crippen LogP contribution in [-0.2, 0) is 17.2 Å². The minimum atomic E-state index is -3.04. The molecule has 0 unspecified atom stereocenters. The summed E-state index contributed by atoms with van der Waals surface area (Å²) in [5.74, 6) is 1.51. The van der Waals surface area contributed by atoms with Gasteiger partial charge >= 0.3 is 6.10 Å². The van der Waals surface area contributed by atoms with Gasteiger partial charge in [-0.1, -0.05) is 17.4 Å². The van der Waals surface area contributed by atoms with Crippen molar-refractivity contribution < 1.29 is 19.5 Å². The number of nitrogens with zero attached hydrogens (tertiary/aromatic N) is 4. The molecule has 2 aliphatic heterocycles. The van der Waals surface area contributed by atoms with Crippen LogP contribution in [0.2, 0.25) is 0 Å². The number of anilines is 1. The van der Waals surface area contributed by atoms with Gasteiger partial charge in [-0.2, -0.15) is 0 Å². The molecule has 4 heterocycles. The predicted molar refractivity (Wildman–Crippen MR) is 160 cm³/mol. The molecule has 0 spiro atoms. The number of hydrogen-bond donors (Lipinski definition) is 5. The van der Waals surface area contributed by atoms with Gasteiger partial charge in [0.15, 0.2) is 0 Å².